The molecule has 88 valence electrons. The number of halogens is 1. The molecule has 4 nitrogen and oxygen atoms in total. The monoisotopic (exact) mass is 241 g/mol. The zero-order valence-corrected chi connectivity index (χ0v) is 10.2. The lowest BCUT2D eigenvalue weighted by molar-refractivity contribution is -0.116. The highest BCUT2D eigenvalue weighted by Gasteiger charge is 2.14. The highest BCUT2D eigenvalue weighted by Crippen LogP contribution is 2.17. The molecular formula is C11H16ClN3O. The SMILES string of the molecule is CC(C)C(N)CC(=O)Nc1ncccc1Cl. The average molecular weight is 242 g/mol. The zero-order valence-electron chi connectivity index (χ0n) is 9.40. The molecule has 0 aliphatic rings. The Hall–Kier alpha value is -1.13. The minimum atomic E-state index is -0.165. The van der Waals surface area contributed by atoms with Crippen LogP contribution in [0.25, 0.3) is 0 Å². The minimum Gasteiger partial charge on any atom is -0.327 e. The van der Waals surface area contributed by atoms with Gasteiger partial charge in [-0.2, -0.15) is 0 Å². The molecule has 0 fully saturated rings. The number of pyridine rings is 1. The van der Waals surface area contributed by atoms with E-state index in [1.165, 1.54) is 0 Å². The molecule has 1 atom stereocenters. The highest BCUT2D eigenvalue weighted by molar-refractivity contribution is 6.33. The first-order chi connectivity index (χ1) is 7.50. The number of aromatic nitrogens is 1. The number of carbonyl (C=O) groups is 1. The molecule has 1 unspecified atom stereocenters. The Morgan fingerprint density at radius 3 is 2.88 bits per heavy atom. The Balaban J connectivity index is 2.55. The first kappa shape index (κ1) is 12.9. The van der Waals surface area contributed by atoms with Crippen LogP contribution in [-0.2, 0) is 4.79 Å². The molecule has 0 aromatic carbocycles. The van der Waals surface area contributed by atoms with Crippen molar-refractivity contribution in [1.82, 2.24) is 4.98 Å². The molecule has 5 heteroatoms. The largest absolute Gasteiger partial charge is 0.327 e. The standard InChI is InChI=1S/C11H16ClN3O/c1-7(2)9(13)6-10(16)15-11-8(12)4-3-5-14-11/h3-5,7,9H,6,13H2,1-2H3,(H,14,15,16). The maximum absolute atomic E-state index is 11.6. The number of nitrogens with zero attached hydrogens (tertiary/aromatic N) is 1. The van der Waals surface area contributed by atoms with Crippen molar-refractivity contribution in [3.8, 4) is 0 Å². The quantitative estimate of drug-likeness (QED) is 0.848. The molecule has 0 saturated carbocycles. The second-order valence-electron chi connectivity index (χ2n) is 3.99. The van der Waals surface area contributed by atoms with Crippen LogP contribution in [0.15, 0.2) is 18.3 Å². The predicted octanol–water partition coefficient (Wildman–Crippen LogP) is 2.05. The van der Waals surface area contributed by atoms with Gasteiger partial charge in [0.15, 0.2) is 5.82 Å². The molecule has 0 radical (unpaired) electrons. The minimum absolute atomic E-state index is 0.150. The van der Waals surface area contributed by atoms with E-state index in [2.05, 4.69) is 10.3 Å². The maximum Gasteiger partial charge on any atom is 0.227 e. The number of rotatable bonds is 4. The summed E-state index contributed by atoms with van der Waals surface area (Å²) in [6.07, 6.45) is 1.84. The molecule has 0 saturated heterocycles. The first-order valence-electron chi connectivity index (χ1n) is 5.16. The van der Waals surface area contributed by atoms with Gasteiger partial charge in [-0.1, -0.05) is 25.4 Å². The highest BCUT2D eigenvalue weighted by atomic mass is 35.5. The summed E-state index contributed by atoms with van der Waals surface area (Å²) in [5.41, 5.74) is 5.79. The number of nitrogens with two attached hydrogens (primary N) is 1. The number of hydrogen-bond acceptors (Lipinski definition) is 3. The van der Waals surface area contributed by atoms with Gasteiger partial charge in [0.05, 0.1) is 5.02 Å². The molecule has 16 heavy (non-hydrogen) atoms. The number of nitrogens with one attached hydrogen (secondary N) is 1. The Labute approximate surface area is 100 Å². The van der Waals surface area contributed by atoms with Crippen LogP contribution < -0.4 is 11.1 Å². The number of anilines is 1. The Bertz CT molecular complexity index is 368. The van der Waals surface area contributed by atoms with Crippen LogP contribution >= 0.6 is 11.6 Å². The number of carbonyl (C=O) groups excluding carboxylic acids is 1. The van der Waals surface area contributed by atoms with Crippen molar-refractivity contribution < 1.29 is 4.79 Å². The zero-order chi connectivity index (χ0) is 12.1. The van der Waals surface area contributed by atoms with E-state index < -0.39 is 0 Å². The molecule has 0 aliphatic carbocycles. The Morgan fingerprint density at radius 1 is 1.62 bits per heavy atom. The lowest BCUT2D eigenvalue weighted by Crippen LogP contribution is -2.31. The number of amides is 1. The normalized spacial score (nSPS) is 12.6. The van der Waals surface area contributed by atoms with Crippen LogP contribution in [0.1, 0.15) is 20.3 Å². The van der Waals surface area contributed by atoms with Crippen LogP contribution in [0.2, 0.25) is 5.02 Å². The van der Waals surface area contributed by atoms with Crippen molar-refractivity contribution >= 4 is 23.3 Å². The van der Waals surface area contributed by atoms with Gasteiger partial charge < -0.3 is 11.1 Å². The molecule has 1 aromatic heterocycles. The molecule has 1 heterocycles. The second-order valence-corrected chi connectivity index (χ2v) is 4.40. The van der Waals surface area contributed by atoms with Crippen LogP contribution in [0.4, 0.5) is 5.82 Å². The molecule has 1 rings (SSSR count). The van der Waals surface area contributed by atoms with Crippen LogP contribution in [0.5, 0.6) is 0 Å². The molecule has 0 aliphatic heterocycles. The fourth-order valence-electron chi connectivity index (χ4n) is 1.11. The van der Waals surface area contributed by atoms with Gasteiger partial charge in [-0.3, -0.25) is 4.79 Å². The molecular weight excluding hydrogens is 226 g/mol. The average Bonchev–Trinajstić information content (AvgIpc) is 2.21. The molecule has 1 aromatic rings. The van der Waals surface area contributed by atoms with Crippen LogP contribution in [0.3, 0.4) is 0 Å². The molecule has 3 N–H and O–H groups in total. The van der Waals surface area contributed by atoms with Crippen molar-refractivity contribution in [3.63, 3.8) is 0 Å². The van der Waals surface area contributed by atoms with E-state index in [0.29, 0.717) is 10.8 Å². The van der Waals surface area contributed by atoms with Gasteiger partial charge in [-0.15, -0.1) is 0 Å². The van der Waals surface area contributed by atoms with Gasteiger partial charge in [0.1, 0.15) is 0 Å². The van der Waals surface area contributed by atoms with Gasteiger partial charge in [-0.05, 0) is 18.1 Å². The van der Waals surface area contributed by atoms with E-state index in [0.717, 1.165) is 0 Å². The van der Waals surface area contributed by atoms with E-state index in [1.807, 2.05) is 13.8 Å². The third kappa shape index (κ3) is 3.79. The fraction of sp³-hybridized carbons (Fsp3) is 0.455. The van der Waals surface area contributed by atoms with Crippen molar-refractivity contribution in [1.29, 1.82) is 0 Å². The second kappa shape index (κ2) is 5.82. The topological polar surface area (TPSA) is 68.0 Å². The summed E-state index contributed by atoms with van der Waals surface area (Å²) in [5.74, 6) is 0.483. The van der Waals surface area contributed by atoms with Gasteiger partial charge in [0.2, 0.25) is 5.91 Å². The summed E-state index contributed by atoms with van der Waals surface area (Å²) < 4.78 is 0. The van der Waals surface area contributed by atoms with E-state index >= 15 is 0 Å². The summed E-state index contributed by atoms with van der Waals surface area (Å²) in [7, 11) is 0. The first-order valence-corrected chi connectivity index (χ1v) is 5.54. The van der Waals surface area contributed by atoms with E-state index in [1.54, 1.807) is 18.3 Å². The van der Waals surface area contributed by atoms with Crippen molar-refractivity contribution in [3.05, 3.63) is 23.4 Å². The van der Waals surface area contributed by atoms with Gasteiger partial charge in [-0.25, -0.2) is 4.98 Å². The van der Waals surface area contributed by atoms with Crippen molar-refractivity contribution in [2.45, 2.75) is 26.3 Å². The summed E-state index contributed by atoms with van der Waals surface area (Å²) in [5, 5.41) is 3.06. The maximum atomic E-state index is 11.6. The third-order valence-corrected chi connectivity index (χ3v) is 2.60. The lowest BCUT2D eigenvalue weighted by atomic mass is 10.0. The fourth-order valence-corrected chi connectivity index (χ4v) is 1.28. The third-order valence-electron chi connectivity index (χ3n) is 2.29. The van der Waals surface area contributed by atoms with Crippen molar-refractivity contribution in [2.24, 2.45) is 11.7 Å². The summed E-state index contributed by atoms with van der Waals surface area (Å²) in [4.78, 5) is 15.6. The lowest BCUT2D eigenvalue weighted by Gasteiger charge is -2.14. The van der Waals surface area contributed by atoms with E-state index in [4.69, 9.17) is 17.3 Å². The van der Waals surface area contributed by atoms with Crippen LogP contribution in [-0.4, -0.2) is 16.9 Å². The van der Waals surface area contributed by atoms with Crippen LogP contribution in [0, 0.1) is 5.92 Å². The Kier molecular flexibility index (Phi) is 4.71. The number of hydrogen-bond donors (Lipinski definition) is 2. The summed E-state index contributed by atoms with van der Waals surface area (Å²) in [6, 6.07) is 3.23. The predicted molar refractivity (Wildman–Crippen MR) is 65.3 cm³/mol. The molecule has 0 bridgehead atoms. The van der Waals surface area contributed by atoms with Gasteiger partial charge in [0.25, 0.3) is 0 Å². The van der Waals surface area contributed by atoms with E-state index in [-0.39, 0.29) is 24.3 Å². The Morgan fingerprint density at radius 2 is 2.31 bits per heavy atom. The summed E-state index contributed by atoms with van der Waals surface area (Å²) in [6.45, 7) is 3.96. The van der Waals surface area contributed by atoms with Gasteiger partial charge in [0, 0.05) is 18.7 Å². The molecule has 0 spiro atoms. The molecule has 1 amide bonds. The van der Waals surface area contributed by atoms with E-state index in [9.17, 15) is 4.79 Å². The smallest absolute Gasteiger partial charge is 0.227 e. The van der Waals surface area contributed by atoms with Gasteiger partial charge >= 0.3 is 0 Å². The summed E-state index contributed by atoms with van der Waals surface area (Å²) >= 11 is 5.86. The van der Waals surface area contributed by atoms with Crippen molar-refractivity contribution in [2.75, 3.05) is 5.32 Å².